The summed E-state index contributed by atoms with van der Waals surface area (Å²) < 4.78 is 5.69. The molecule has 1 aromatic carbocycles. The molecule has 0 aliphatic heterocycles. The van der Waals surface area contributed by atoms with E-state index in [-0.39, 0.29) is 11.9 Å². The summed E-state index contributed by atoms with van der Waals surface area (Å²) in [6.07, 6.45) is 1.88. The molecule has 0 saturated heterocycles. The zero-order chi connectivity index (χ0) is 14.1. The second kappa shape index (κ2) is 5.13. The zero-order valence-electron chi connectivity index (χ0n) is 11.3. The normalized spacial score (nSPS) is 11.2. The minimum absolute atomic E-state index is 0.0490. The van der Waals surface area contributed by atoms with Crippen LogP contribution in [0.4, 0.5) is 0 Å². The summed E-state index contributed by atoms with van der Waals surface area (Å²) in [6, 6.07) is 9.52. The lowest BCUT2D eigenvalue weighted by Crippen LogP contribution is -2.05. The van der Waals surface area contributed by atoms with Crippen molar-refractivity contribution in [1.29, 1.82) is 0 Å². The van der Waals surface area contributed by atoms with Gasteiger partial charge in [-0.2, -0.15) is 0 Å². The van der Waals surface area contributed by atoms with Gasteiger partial charge >= 0.3 is 0 Å². The van der Waals surface area contributed by atoms with Crippen molar-refractivity contribution in [3.63, 3.8) is 0 Å². The maximum absolute atomic E-state index is 12.5. The van der Waals surface area contributed by atoms with Crippen LogP contribution in [0.1, 0.15) is 29.1 Å². The van der Waals surface area contributed by atoms with Crippen LogP contribution in [0.15, 0.2) is 41.9 Å². The molecule has 0 aliphatic rings. The SMILES string of the molecule is CC(C)Oc1ccc2[nH]cc(C(=O)c3cccs3)c2c1. The van der Waals surface area contributed by atoms with E-state index in [4.69, 9.17) is 4.74 Å². The van der Waals surface area contributed by atoms with Gasteiger partial charge in [0, 0.05) is 22.7 Å². The maximum atomic E-state index is 12.5. The van der Waals surface area contributed by atoms with Gasteiger partial charge in [-0.15, -0.1) is 11.3 Å². The molecule has 0 radical (unpaired) electrons. The number of ketones is 1. The van der Waals surface area contributed by atoms with Crippen LogP contribution in [0.25, 0.3) is 10.9 Å². The van der Waals surface area contributed by atoms with E-state index in [0.717, 1.165) is 21.5 Å². The lowest BCUT2D eigenvalue weighted by molar-refractivity contribution is 0.104. The fourth-order valence-corrected chi connectivity index (χ4v) is 2.85. The Bertz CT molecular complexity index is 741. The van der Waals surface area contributed by atoms with Gasteiger partial charge in [-0.3, -0.25) is 4.79 Å². The molecule has 3 nitrogen and oxygen atoms in total. The summed E-state index contributed by atoms with van der Waals surface area (Å²) >= 11 is 1.46. The molecule has 0 atom stereocenters. The Labute approximate surface area is 121 Å². The molecule has 2 heterocycles. The molecule has 102 valence electrons. The number of hydrogen-bond acceptors (Lipinski definition) is 3. The fourth-order valence-electron chi connectivity index (χ4n) is 2.17. The molecule has 0 unspecified atom stereocenters. The molecule has 0 amide bonds. The lowest BCUT2D eigenvalue weighted by atomic mass is 10.1. The highest BCUT2D eigenvalue weighted by Gasteiger charge is 2.15. The molecule has 0 bridgehead atoms. The summed E-state index contributed by atoms with van der Waals surface area (Å²) in [4.78, 5) is 16.4. The molecule has 4 heteroatoms. The van der Waals surface area contributed by atoms with Crippen molar-refractivity contribution in [2.75, 3.05) is 0 Å². The Kier molecular flexibility index (Phi) is 3.32. The summed E-state index contributed by atoms with van der Waals surface area (Å²) in [5, 5.41) is 2.82. The van der Waals surface area contributed by atoms with Gasteiger partial charge in [0.1, 0.15) is 5.75 Å². The second-order valence-corrected chi connectivity index (χ2v) is 5.83. The van der Waals surface area contributed by atoms with Gasteiger partial charge in [-0.25, -0.2) is 0 Å². The number of nitrogens with one attached hydrogen (secondary N) is 1. The minimum atomic E-state index is 0.0490. The smallest absolute Gasteiger partial charge is 0.205 e. The average Bonchev–Trinajstić information content (AvgIpc) is 3.06. The number of thiophene rings is 1. The predicted molar refractivity (Wildman–Crippen MR) is 81.8 cm³/mol. The number of benzene rings is 1. The number of hydrogen-bond donors (Lipinski definition) is 1. The molecule has 2 aromatic heterocycles. The quantitative estimate of drug-likeness (QED) is 0.728. The van der Waals surface area contributed by atoms with E-state index in [9.17, 15) is 4.79 Å². The lowest BCUT2D eigenvalue weighted by Gasteiger charge is -2.09. The molecule has 20 heavy (non-hydrogen) atoms. The van der Waals surface area contributed by atoms with E-state index in [0.29, 0.717) is 5.56 Å². The minimum Gasteiger partial charge on any atom is -0.491 e. The van der Waals surface area contributed by atoms with E-state index in [2.05, 4.69) is 4.98 Å². The Balaban J connectivity index is 2.05. The third-order valence-corrected chi connectivity index (χ3v) is 3.88. The first-order chi connectivity index (χ1) is 9.65. The van der Waals surface area contributed by atoms with Crippen LogP contribution in [0, 0.1) is 0 Å². The molecule has 3 aromatic rings. The van der Waals surface area contributed by atoms with E-state index in [1.165, 1.54) is 11.3 Å². The topological polar surface area (TPSA) is 42.1 Å². The van der Waals surface area contributed by atoms with Crippen molar-refractivity contribution in [1.82, 2.24) is 4.98 Å². The third kappa shape index (κ3) is 2.34. The number of carbonyl (C=O) groups is 1. The molecular formula is C16H15NO2S. The first kappa shape index (κ1) is 12.9. The molecular weight excluding hydrogens is 270 g/mol. The van der Waals surface area contributed by atoms with Gasteiger partial charge < -0.3 is 9.72 Å². The van der Waals surface area contributed by atoms with Crippen molar-refractivity contribution in [2.45, 2.75) is 20.0 Å². The highest BCUT2D eigenvalue weighted by atomic mass is 32.1. The number of aromatic nitrogens is 1. The molecule has 0 aliphatic carbocycles. The van der Waals surface area contributed by atoms with Crippen molar-refractivity contribution < 1.29 is 9.53 Å². The van der Waals surface area contributed by atoms with Crippen LogP contribution in [0.2, 0.25) is 0 Å². The van der Waals surface area contributed by atoms with Crippen molar-refractivity contribution >= 4 is 28.0 Å². The van der Waals surface area contributed by atoms with Crippen LogP contribution in [0.3, 0.4) is 0 Å². The Hall–Kier alpha value is -2.07. The monoisotopic (exact) mass is 285 g/mol. The van der Waals surface area contributed by atoms with Crippen LogP contribution in [-0.4, -0.2) is 16.9 Å². The van der Waals surface area contributed by atoms with Crippen LogP contribution in [0.5, 0.6) is 5.75 Å². The van der Waals surface area contributed by atoms with Gasteiger partial charge in [-0.1, -0.05) is 6.07 Å². The van der Waals surface area contributed by atoms with Gasteiger partial charge in [-0.05, 0) is 43.5 Å². The number of rotatable bonds is 4. The zero-order valence-corrected chi connectivity index (χ0v) is 12.2. The largest absolute Gasteiger partial charge is 0.491 e. The predicted octanol–water partition coefficient (Wildman–Crippen LogP) is 4.25. The van der Waals surface area contributed by atoms with Crippen LogP contribution >= 0.6 is 11.3 Å². The van der Waals surface area contributed by atoms with Gasteiger partial charge in [0.2, 0.25) is 5.78 Å². The van der Waals surface area contributed by atoms with Gasteiger partial charge in [0.25, 0.3) is 0 Å². The molecule has 0 spiro atoms. The van der Waals surface area contributed by atoms with Crippen LogP contribution < -0.4 is 4.74 Å². The fraction of sp³-hybridized carbons (Fsp3) is 0.188. The number of ether oxygens (including phenoxy) is 1. The number of aromatic amines is 1. The molecule has 1 N–H and O–H groups in total. The first-order valence-electron chi connectivity index (χ1n) is 6.51. The van der Waals surface area contributed by atoms with Gasteiger partial charge in [0.05, 0.1) is 11.0 Å². The number of H-pyrrole nitrogens is 1. The third-order valence-electron chi connectivity index (χ3n) is 3.01. The van der Waals surface area contributed by atoms with Gasteiger partial charge in [0.15, 0.2) is 0 Å². The van der Waals surface area contributed by atoms with E-state index >= 15 is 0 Å². The Morgan fingerprint density at radius 2 is 2.15 bits per heavy atom. The summed E-state index contributed by atoms with van der Waals surface area (Å²) in [7, 11) is 0. The molecule has 0 saturated carbocycles. The van der Waals surface area contributed by atoms with Crippen LogP contribution in [-0.2, 0) is 0 Å². The summed E-state index contributed by atoms with van der Waals surface area (Å²) in [5.41, 5.74) is 1.64. The molecule has 0 fully saturated rings. The van der Waals surface area contributed by atoms with Crippen molar-refractivity contribution in [3.05, 3.63) is 52.3 Å². The van der Waals surface area contributed by atoms with Crippen molar-refractivity contribution in [3.8, 4) is 5.75 Å². The van der Waals surface area contributed by atoms with E-state index in [1.54, 1.807) is 6.20 Å². The standard InChI is InChI=1S/C16H15NO2S/c1-10(2)19-11-5-6-14-12(8-11)13(9-17-14)16(18)15-4-3-7-20-15/h3-10,17H,1-2H3. The average molecular weight is 285 g/mol. The summed E-state index contributed by atoms with van der Waals surface area (Å²) in [5.74, 6) is 0.834. The van der Waals surface area contributed by atoms with Crippen molar-refractivity contribution in [2.24, 2.45) is 0 Å². The second-order valence-electron chi connectivity index (χ2n) is 4.88. The number of fused-ring (bicyclic) bond motifs is 1. The summed E-state index contributed by atoms with van der Waals surface area (Å²) in [6.45, 7) is 3.97. The highest BCUT2D eigenvalue weighted by Crippen LogP contribution is 2.27. The molecule has 3 rings (SSSR count). The number of carbonyl (C=O) groups excluding carboxylic acids is 1. The first-order valence-corrected chi connectivity index (χ1v) is 7.39. The van der Waals surface area contributed by atoms with E-state index < -0.39 is 0 Å². The highest BCUT2D eigenvalue weighted by molar-refractivity contribution is 7.12. The van der Waals surface area contributed by atoms with E-state index in [1.807, 2.05) is 49.6 Å². The maximum Gasteiger partial charge on any atom is 0.205 e. The Morgan fingerprint density at radius 1 is 1.30 bits per heavy atom. The Morgan fingerprint density at radius 3 is 2.85 bits per heavy atom.